The largest absolute Gasteiger partial charge is 0.360 e. The van der Waals surface area contributed by atoms with Gasteiger partial charge in [0.1, 0.15) is 0 Å². The van der Waals surface area contributed by atoms with E-state index in [1.807, 2.05) is 0 Å². The molecule has 0 aromatic carbocycles. The Morgan fingerprint density at radius 3 is 1.80 bits per heavy atom. The van der Waals surface area contributed by atoms with Crippen LogP contribution in [-0.2, 0) is 31.9 Å². The van der Waals surface area contributed by atoms with Crippen LogP contribution >= 0.6 is 34.8 Å². The summed E-state index contributed by atoms with van der Waals surface area (Å²) >= 11 is 16.4. The standard InChI is InChI=1S/C4H7Cl3O2.Nb/c1-8-3(5)4(6,7)9-2;/h3H,1-2H3;. The SMILES string of the molecule is COC(Cl)C(Cl)(Cl)OC.[Nb]. The maximum absolute atomic E-state index is 5.46. The van der Waals surface area contributed by atoms with Gasteiger partial charge in [0.15, 0.2) is 5.56 Å². The van der Waals surface area contributed by atoms with E-state index in [1.165, 1.54) is 14.2 Å². The minimum atomic E-state index is -1.46. The Balaban J connectivity index is 0. The van der Waals surface area contributed by atoms with Gasteiger partial charge < -0.3 is 9.47 Å². The molecule has 2 nitrogen and oxygen atoms in total. The first-order valence-electron chi connectivity index (χ1n) is 2.14. The van der Waals surface area contributed by atoms with Crippen LogP contribution in [0.1, 0.15) is 0 Å². The van der Waals surface area contributed by atoms with E-state index in [2.05, 4.69) is 9.47 Å². The number of methoxy groups -OCH3 is 2. The number of halogens is 3. The zero-order chi connectivity index (χ0) is 7.49. The summed E-state index contributed by atoms with van der Waals surface area (Å²) in [6.07, 6.45) is 0. The van der Waals surface area contributed by atoms with Crippen molar-refractivity contribution in [3.8, 4) is 0 Å². The van der Waals surface area contributed by atoms with Gasteiger partial charge in [-0.05, 0) is 0 Å². The fraction of sp³-hybridized carbons (Fsp3) is 1.00. The average Bonchev–Trinajstić information content (AvgIpc) is 1.86. The van der Waals surface area contributed by atoms with Crippen LogP contribution in [0, 0.1) is 0 Å². The molecule has 0 amide bonds. The third-order valence-electron chi connectivity index (χ3n) is 0.743. The summed E-state index contributed by atoms with van der Waals surface area (Å²) in [6, 6.07) is 0. The van der Waals surface area contributed by atoms with Gasteiger partial charge >= 0.3 is 0 Å². The minimum absolute atomic E-state index is 0. The van der Waals surface area contributed by atoms with Gasteiger partial charge in [-0.2, -0.15) is 0 Å². The van der Waals surface area contributed by atoms with Crippen LogP contribution in [0.3, 0.4) is 0 Å². The van der Waals surface area contributed by atoms with Crippen LogP contribution in [0.25, 0.3) is 0 Å². The summed E-state index contributed by atoms with van der Waals surface area (Å²) in [5.74, 6) is 0. The molecule has 1 unspecified atom stereocenters. The number of hydrogen-bond donors (Lipinski definition) is 0. The van der Waals surface area contributed by atoms with E-state index in [0.29, 0.717) is 0 Å². The minimum Gasteiger partial charge on any atom is -0.360 e. The normalized spacial score (nSPS) is 14.1. The molecule has 0 spiro atoms. The van der Waals surface area contributed by atoms with E-state index in [9.17, 15) is 0 Å². The molecular formula is C4H7Cl3NbO2. The first-order chi connectivity index (χ1) is 4.04. The molecule has 0 bridgehead atoms. The Labute approximate surface area is 90.6 Å². The summed E-state index contributed by atoms with van der Waals surface area (Å²) in [5.41, 5.74) is -0.856. The third-order valence-corrected chi connectivity index (χ3v) is 2.16. The third kappa shape index (κ3) is 4.42. The predicted octanol–water partition coefficient (Wildman–Crippen LogP) is 1.97. The van der Waals surface area contributed by atoms with Gasteiger partial charge in [-0.25, -0.2) is 0 Å². The van der Waals surface area contributed by atoms with Gasteiger partial charge in [0.05, 0.1) is 0 Å². The van der Waals surface area contributed by atoms with Gasteiger partial charge in [0, 0.05) is 36.6 Å². The van der Waals surface area contributed by atoms with Gasteiger partial charge in [-0.1, -0.05) is 34.8 Å². The molecule has 0 saturated carbocycles. The maximum atomic E-state index is 5.46. The molecule has 10 heavy (non-hydrogen) atoms. The molecule has 0 fully saturated rings. The topological polar surface area (TPSA) is 18.5 Å². The van der Waals surface area contributed by atoms with Gasteiger partial charge in [-0.15, -0.1) is 0 Å². The number of rotatable bonds is 3. The van der Waals surface area contributed by atoms with Crippen LogP contribution in [-0.4, -0.2) is 24.3 Å². The van der Waals surface area contributed by atoms with Crippen molar-refractivity contribution < 1.29 is 31.9 Å². The molecule has 0 aromatic rings. The smallest absolute Gasteiger partial charge is 0.258 e. The molecule has 6 heteroatoms. The van der Waals surface area contributed by atoms with E-state index in [1.54, 1.807) is 0 Å². The van der Waals surface area contributed by atoms with Crippen molar-refractivity contribution in [1.82, 2.24) is 0 Å². The second-order valence-corrected chi connectivity index (χ2v) is 3.03. The van der Waals surface area contributed by atoms with E-state index >= 15 is 0 Å². The number of alkyl halides is 3. The zero-order valence-electron chi connectivity index (χ0n) is 5.47. The molecule has 1 atom stereocenters. The maximum Gasteiger partial charge on any atom is 0.258 e. The second-order valence-electron chi connectivity index (χ2n) is 1.32. The van der Waals surface area contributed by atoms with Gasteiger partial charge in [0.25, 0.3) is 4.52 Å². The summed E-state index contributed by atoms with van der Waals surface area (Å²) < 4.78 is 7.68. The van der Waals surface area contributed by atoms with Crippen LogP contribution in [0.5, 0.6) is 0 Å². The van der Waals surface area contributed by atoms with Crippen molar-refractivity contribution in [2.75, 3.05) is 14.2 Å². The quantitative estimate of drug-likeness (QED) is 0.583. The molecule has 0 aromatic heterocycles. The van der Waals surface area contributed by atoms with Crippen molar-refractivity contribution in [3.05, 3.63) is 0 Å². The summed E-state index contributed by atoms with van der Waals surface area (Å²) in [4.78, 5) is 0. The molecule has 61 valence electrons. The molecule has 0 saturated heterocycles. The first kappa shape index (κ1) is 14.1. The Morgan fingerprint density at radius 1 is 1.30 bits per heavy atom. The van der Waals surface area contributed by atoms with Crippen molar-refractivity contribution in [2.45, 2.75) is 10.1 Å². The Hall–Kier alpha value is 1.53. The van der Waals surface area contributed by atoms with Crippen molar-refractivity contribution in [1.29, 1.82) is 0 Å². The van der Waals surface area contributed by atoms with Crippen molar-refractivity contribution in [2.24, 2.45) is 0 Å². The Kier molecular flexibility index (Phi) is 8.58. The van der Waals surface area contributed by atoms with Gasteiger partial charge in [0.2, 0.25) is 0 Å². The van der Waals surface area contributed by atoms with Crippen LogP contribution in [0.4, 0.5) is 0 Å². The monoisotopic (exact) mass is 285 g/mol. The van der Waals surface area contributed by atoms with Gasteiger partial charge in [-0.3, -0.25) is 0 Å². The van der Waals surface area contributed by atoms with E-state index in [0.717, 1.165) is 0 Å². The van der Waals surface area contributed by atoms with Crippen LogP contribution < -0.4 is 0 Å². The molecule has 0 rings (SSSR count). The van der Waals surface area contributed by atoms with Crippen molar-refractivity contribution >= 4 is 34.8 Å². The Bertz CT molecular complexity index is 90.6. The Morgan fingerprint density at radius 2 is 1.70 bits per heavy atom. The van der Waals surface area contributed by atoms with E-state index in [-0.39, 0.29) is 22.4 Å². The molecule has 0 aliphatic rings. The number of ether oxygens (including phenoxy) is 2. The fourth-order valence-corrected chi connectivity index (χ4v) is 0.497. The molecular weight excluding hydrogens is 279 g/mol. The predicted molar refractivity (Wildman–Crippen MR) is 38.1 cm³/mol. The average molecular weight is 286 g/mol. The van der Waals surface area contributed by atoms with E-state index < -0.39 is 10.1 Å². The second kappa shape index (κ2) is 6.09. The molecule has 0 heterocycles. The summed E-state index contributed by atoms with van der Waals surface area (Å²) in [7, 11) is 2.73. The number of hydrogen-bond acceptors (Lipinski definition) is 2. The van der Waals surface area contributed by atoms with Crippen molar-refractivity contribution in [3.63, 3.8) is 0 Å². The molecule has 1 radical (unpaired) electrons. The fourth-order valence-electron chi connectivity index (χ4n) is 0.230. The summed E-state index contributed by atoms with van der Waals surface area (Å²) in [5, 5.41) is 0. The molecule has 0 N–H and O–H groups in total. The van der Waals surface area contributed by atoms with Crippen LogP contribution in [0.15, 0.2) is 0 Å². The van der Waals surface area contributed by atoms with E-state index in [4.69, 9.17) is 34.8 Å². The first-order valence-corrected chi connectivity index (χ1v) is 3.33. The molecule has 0 aliphatic heterocycles. The molecule has 0 aliphatic carbocycles. The van der Waals surface area contributed by atoms with Crippen LogP contribution in [0.2, 0.25) is 0 Å². The zero-order valence-corrected chi connectivity index (χ0v) is 9.94. The summed E-state index contributed by atoms with van der Waals surface area (Å²) in [6.45, 7) is 0.